The van der Waals surface area contributed by atoms with Gasteiger partial charge in [-0.05, 0) is 49.4 Å². The van der Waals surface area contributed by atoms with E-state index in [0.717, 1.165) is 25.1 Å². The van der Waals surface area contributed by atoms with E-state index in [0.29, 0.717) is 18.4 Å². The Labute approximate surface area is 159 Å². The van der Waals surface area contributed by atoms with E-state index in [2.05, 4.69) is 23.0 Å². The van der Waals surface area contributed by atoms with Crippen molar-refractivity contribution in [3.8, 4) is 18.1 Å². The maximum Gasteiger partial charge on any atom is 0.148 e. The lowest BCUT2D eigenvalue weighted by Crippen LogP contribution is -2.49. The summed E-state index contributed by atoms with van der Waals surface area (Å²) < 4.78 is 19.7. The van der Waals surface area contributed by atoms with Gasteiger partial charge in [-0.3, -0.25) is 4.90 Å². The predicted molar refractivity (Wildman–Crippen MR) is 103 cm³/mol. The van der Waals surface area contributed by atoms with E-state index in [1.54, 1.807) is 18.2 Å². The maximum absolute atomic E-state index is 14.3. The van der Waals surface area contributed by atoms with Crippen LogP contribution in [0.25, 0.3) is 0 Å². The molecule has 3 nitrogen and oxygen atoms in total. The number of ether oxygens (including phenoxy) is 1. The van der Waals surface area contributed by atoms with E-state index in [1.165, 1.54) is 11.6 Å². The molecule has 2 aromatic rings. The summed E-state index contributed by atoms with van der Waals surface area (Å²) in [5.74, 6) is 2.92. The first kappa shape index (κ1) is 18.0. The molecule has 2 aliphatic rings. The average molecular weight is 365 g/mol. The molecule has 2 saturated heterocycles. The lowest BCUT2D eigenvalue weighted by molar-refractivity contribution is -0.0615. The zero-order valence-electron chi connectivity index (χ0n) is 15.3. The number of piperidine rings is 1. The maximum atomic E-state index is 14.3. The Kier molecular flexibility index (Phi) is 4.90. The van der Waals surface area contributed by atoms with Gasteiger partial charge in [-0.1, -0.05) is 36.3 Å². The smallest absolute Gasteiger partial charge is 0.148 e. The van der Waals surface area contributed by atoms with Crippen molar-refractivity contribution in [1.82, 2.24) is 4.90 Å². The highest BCUT2D eigenvalue weighted by Gasteiger charge is 2.48. The first-order chi connectivity index (χ1) is 13.1. The van der Waals surface area contributed by atoms with Gasteiger partial charge < -0.3 is 9.84 Å². The molecule has 4 rings (SSSR count). The van der Waals surface area contributed by atoms with Crippen molar-refractivity contribution < 1.29 is 14.2 Å². The van der Waals surface area contributed by atoms with Gasteiger partial charge in [-0.2, -0.15) is 0 Å². The number of fused-ring (bicyclic) bond motifs is 2. The third kappa shape index (κ3) is 3.58. The number of hydrogen-bond acceptors (Lipinski definition) is 3. The lowest BCUT2D eigenvalue weighted by Gasteiger charge is -2.44. The summed E-state index contributed by atoms with van der Waals surface area (Å²) in [6.07, 6.45) is 8.46. The molecule has 0 saturated carbocycles. The Bertz CT molecular complexity index is 828. The molecule has 1 unspecified atom stereocenters. The van der Waals surface area contributed by atoms with Crippen molar-refractivity contribution in [2.24, 2.45) is 0 Å². The van der Waals surface area contributed by atoms with Crippen LogP contribution in [0.15, 0.2) is 48.5 Å². The van der Waals surface area contributed by atoms with E-state index in [-0.39, 0.29) is 24.5 Å². The number of benzene rings is 2. The van der Waals surface area contributed by atoms with E-state index >= 15 is 0 Å². The van der Waals surface area contributed by atoms with E-state index < -0.39 is 5.60 Å². The van der Waals surface area contributed by atoms with Crippen LogP contribution in [0, 0.1) is 18.2 Å². The van der Waals surface area contributed by atoms with Crippen LogP contribution in [-0.2, 0) is 12.1 Å². The second-order valence-electron chi connectivity index (χ2n) is 7.61. The molecule has 0 aromatic heterocycles. The largest absolute Gasteiger partial charge is 0.481 e. The summed E-state index contributed by atoms with van der Waals surface area (Å²) in [7, 11) is 0. The van der Waals surface area contributed by atoms with Crippen molar-refractivity contribution in [3.05, 3.63) is 65.5 Å². The van der Waals surface area contributed by atoms with Crippen LogP contribution in [0.2, 0.25) is 0 Å². The van der Waals surface area contributed by atoms with Crippen LogP contribution < -0.4 is 4.74 Å². The normalized spacial score (nSPS) is 27.3. The van der Waals surface area contributed by atoms with Gasteiger partial charge in [-0.15, -0.1) is 6.42 Å². The number of aliphatic hydroxyl groups is 1. The lowest BCUT2D eigenvalue weighted by atomic mass is 9.80. The number of terminal acetylenes is 1. The molecule has 3 atom stereocenters. The van der Waals surface area contributed by atoms with E-state index in [4.69, 9.17) is 11.2 Å². The fourth-order valence-corrected chi connectivity index (χ4v) is 4.66. The zero-order valence-corrected chi connectivity index (χ0v) is 15.3. The minimum Gasteiger partial charge on any atom is -0.481 e. The van der Waals surface area contributed by atoms with Crippen molar-refractivity contribution in [3.63, 3.8) is 0 Å². The van der Waals surface area contributed by atoms with Gasteiger partial charge in [-0.25, -0.2) is 4.39 Å². The molecule has 0 radical (unpaired) electrons. The Morgan fingerprint density at radius 1 is 1.11 bits per heavy atom. The second kappa shape index (κ2) is 7.34. The average Bonchev–Trinajstić information content (AvgIpc) is 2.91. The summed E-state index contributed by atoms with van der Waals surface area (Å²) in [6, 6.07) is 15.2. The molecular weight excluding hydrogens is 341 g/mol. The van der Waals surface area contributed by atoms with Crippen LogP contribution >= 0.6 is 0 Å². The summed E-state index contributed by atoms with van der Waals surface area (Å²) in [4.78, 5) is 2.46. The first-order valence-corrected chi connectivity index (χ1v) is 9.47. The molecule has 1 N–H and O–H groups in total. The summed E-state index contributed by atoms with van der Waals surface area (Å²) in [5.41, 5.74) is 0.577. The topological polar surface area (TPSA) is 32.7 Å². The highest BCUT2D eigenvalue weighted by atomic mass is 19.1. The standard InChI is InChI=1S/C23H24FNO2/c1-2-13-27-20-11-7-17(8-12-20)16-25-18-9-10-19(25)15-23(26,14-18)21-5-3-4-6-22(21)24/h1,3-8,11-12,18-19,26H,9-10,13-16H2/t18-,19+,23?. The fraction of sp³-hybridized carbons (Fsp3) is 0.391. The molecule has 2 aliphatic heterocycles. The molecule has 140 valence electrons. The quantitative estimate of drug-likeness (QED) is 0.817. The molecular formula is C23H24FNO2. The van der Waals surface area contributed by atoms with Crippen LogP contribution in [-0.4, -0.2) is 28.7 Å². The summed E-state index contributed by atoms with van der Waals surface area (Å²) in [6.45, 7) is 1.10. The number of hydrogen-bond donors (Lipinski definition) is 1. The van der Waals surface area contributed by atoms with Crippen molar-refractivity contribution in [2.75, 3.05) is 6.61 Å². The van der Waals surface area contributed by atoms with Crippen molar-refractivity contribution in [2.45, 2.75) is 49.9 Å². The predicted octanol–water partition coefficient (Wildman–Crippen LogP) is 3.85. The fourth-order valence-electron chi connectivity index (χ4n) is 4.66. The summed E-state index contributed by atoms with van der Waals surface area (Å²) in [5, 5.41) is 11.2. The highest BCUT2D eigenvalue weighted by molar-refractivity contribution is 5.29. The van der Waals surface area contributed by atoms with Gasteiger partial charge >= 0.3 is 0 Å². The molecule has 27 heavy (non-hydrogen) atoms. The Morgan fingerprint density at radius 3 is 2.41 bits per heavy atom. The Balaban J connectivity index is 1.47. The minimum absolute atomic E-state index is 0.268. The molecule has 2 aromatic carbocycles. The third-order valence-corrected chi connectivity index (χ3v) is 5.90. The van der Waals surface area contributed by atoms with Crippen LogP contribution in [0.5, 0.6) is 5.75 Å². The van der Waals surface area contributed by atoms with Gasteiger partial charge in [0.15, 0.2) is 0 Å². The van der Waals surface area contributed by atoms with Crippen molar-refractivity contribution in [1.29, 1.82) is 0 Å². The van der Waals surface area contributed by atoms with Crippen LogP contribution in [0.4, 0.5) is 4.39 Å². The monoisotopic (exact) mass is 365 g/mol. The van der Waals surface area contributed by atoms with Crippen LogP contribution in [0.3, 0.4) is 0 Å². The highest BCUT2D eigenvalue weighted by Crippen LogP contribution is 2.46. The number of rotatable bonds is 5. The SMILES string of the molecule is C#CCOc1ccc(CN2[C@@H]3CC[C@H]2CC(O)(c2ccccc2F)C3)cc1. The van der Waals surface area contributed by atoms with Crippen LogP contribution in [0.1, 0.15) is 36.8 Å². The molecule has 2 heterocycles. The molecule has 0 amide bonds. The van der Waals surface area contributed by atoms with Gasteiger partial charge in [0.05, 0.1) is 5.60 Å². The number of halogens is 1. The molecule has 4 heteroatoms. The van der Waals surface area contributed by atoms with Gasteiger partial charge in [0, 0.05) is 24.2 Å². The number of nitrogens with zero attached hydrogens (tertiary/aromatic N) is 1. The van der Waals surface area contributed by atoms with Gasteiger partial charge in [0.25, 0.3) is 0 Å². The van der Waals surface area contributed by atoms with Gasteiger partial charge in [0.2, 0.25) is 0 Å². The minimum atomic E-state index is -1.07. The van der Waals surface area contributed by atoms with E-state index in [9.17, 15) is 9.50 Å². The summed E-state index contributed by atoms with van der Waals surface area (Å²) >= 11 is 0. The molecule has 0 spiro atoms. The molecule has 2 bridgehead atoms. The first-order valence-electron chi connectivity index (χ1n) is 9.47. The van der Waals surface area contributed by atoms with E-state index in [1.807, 2.05) is 12.1 Å². The molecule has 0 aliphatic carbocycles. The van der Waals surface area contributed by atoms with Crippen molar-refractivity contribution >= 4 is 0 Å². The molecule has 2 fully saturated rings. The third-order valence-electron chi connectivity index (χ3n) is 5.90. The Morgan fingerprint density at radius 2 is 1.78 bits per heavy atom. The Hall–Kier alpha value is -2.35. The second-order valence-corrected chi connectivity index (χ2v) is 7.61. The van der Waals surface area contributed by atoms with Gasteiger partial charge in [0.1, 0.15) is 18.2 Å². The zero-order chi connectivity index (χ0) is 18.9.